The minimum atomic E-state index is -5.51. The molecule has 3 aromatic carbocycles. The molecule has 0 bridgehead atoms. The van der Waals surface area contributed by atoms with Gasteiger partial charge in [0, 0.05) is 16.7 Å². The molecular formula is C33H15BF18O3. The molecule has 3 nitrogen and oxygen atoms in total. The van der Waals surface area contributed by atoms with Crippen LogP contribution in [-0.4, -0.2) is 25.1 Å². The van der Waals surface area contributed by atoms with Crippen LogP contribution in [0.4, 0.5) is 79.0 Å². The van der Waals surface area contributed by atoms with E-state index in [1.807, 2.05) is 0 Å². The Labute approximate surface area is 295 Å². The molecule has 0 heterocycles. The Kier molecular flexibility index (Phi) is 9.56. The zero-order chi connectivity index (χ0) is 41.2. The second kappa shape index (κ2) is 13.1. The summed E-state index contributed by atoms with van der Waals surface area (Å²) in [6.07, 6.45) is -11.2. The summed E-state index contributed by atoms with van der Waals surface area (Å²) in [5.41, 5.74) is -13.2. The van der Waals surface area contributed by atoms with Crippen molar-refractivity contribution in [1.82, 2.24) is 0 Å². The van der Waals surface area contributed by atoms with E-state index in [9.17, 15) is 52.7 Å². The van der Waals surface area contributed by atoms with Gasteiger partial charge < -0.3 is 14.0 Å². The van der Waals surface area contributed by atoms with Gasteiger partial charge in [0.15, 0.2) is 52.4 Å². The lowest BCUT2D eigenvalue weighted by Gasteiger charge is -2.39. The summed E-state index contributed by atoms with van der Waals surface area (Å²) < 4.78 is 284. The second-order valence-electron chi connectivity index (χ2n) is 12.4. The van der Waals surface area contributed by atoms with Gasteiger partial charge in [-0.15, -0.1) is 0 Å². The Hall–Kier alpha value is -4.44. The van der Waals surface area contributed by atoms with Crippen molar-refractivity contribution < 1.29 is 93.0 Å². The van der Waals surface area contributed by atoms with Gasteiger partial charge in [-0.05, 0) is 72.4 Å². The van der Waals surface area contributed by atoms with Crippen LogP contribution in [0.2, 0.25) is 0 Å². The molecule has 55 heavy (non-hydrogen) atoms. The van der Waals surface area contributed by atoms with E-state index >= 15 is 26.3 Å². The first-order chi connectivity index (χ1) is 25.3. The summed E-state index contributed by atoms with van der Waals surface area (Å²) in [7, 11) is -3.93. The normalized spacial score (nSPS) is 22.5. The van der Waals surface area contributed by atoms with E-state index in [-0.39, 0.29) is 18.2 Å². The first-order valence-electron chi connectivity index (χ1n) is 15.0. The highest BCUT2D eigenvalue weighted by Gasteiger charge is 2.61. The van der Waals surface area contributed by atoms with Gasteiger partial charge in [-0.25, -0.2) is 52.7 Å². The largest absolute Gasteiger partial charge is 0.641 e. The van der Waals surface area contributed by atoms with Gasteiger partial charge in [-0.1, -0.05) is 0 Å². The van der Waals surface area contributed by atoms with Crippen LogP contribution in [0, 0.1) is 55.7 Å². The zero-order valence-corrected chi connectivity index (χ0v) is 27.1. The monoisotopic (exact) mass is 812 g/mol. The molecule has 22 heteroatoms. The van der Waals surface area contributed by atoms with Crippen molar-refractivity contribution in [2.75, 3.05) is 0 Å². The van der Waals surface area contributed by atoms with Gasteiger partial charge in [-0.3, -0.25) is 0 Å². The zero-order valence-electron chi connectivity index (χ0n) is 27.1. The Morgan fingerprint density at radius 2 is 0.636 bits per heavy atom. The maximum atomic E-state index is 15.5. The van der Waals surface area contributed by atoms with Gasteiger partial charge in [0.1, 0.15) is 18.3 Å². The van der Waals surface area contributed by atoms with Crippen LogP contribution in [0.5, 0.6) is 0 Å². The van der Waals surface area contributed by atoms with Gasteiger partial charge in [0.2, 0.25) is 17.5 Å². The lowest BCUT2D eigenvalue weighted by Crippen LogP contribution is -2.46. The highest BCUT2D eigenvalue weighted by Crippen LogP contribution is 2.57. The molecule has 3 unspecified atom stereocenters. The van der Waals surface area contributed by atoms with Crippen molar-refractivity contribution in [2.24, 2.45) is 0 Å². The van der Waals surface area contributed by atoms with Crippen LogP contribution in [0.25, 0.3) is 17.5 Å². The summed E-state index contributed by atoms with van der Waals surface area (Å²) in [4.78, 5) is 0. The van der Waals surface area contributed by atoms with Crippen LogP contribution in [0.15, 0.2) is 35.7 Å². The molecule has 294 valence electrons. The van der Waals surface area contributed by atoms with E-state index in [2.05, 4.69) is 0 Å². The number of rotatable bonds is 6. The van der Waals surface area contributed by atoms with E-state index in [4.69, 9.17) is 14.0 Å². The fourth-order valence-electron chi connectivity index (χ4n) is 6.43. The molecular weight excluding hydrogens is 797 g/mol. The second-order valence-corrected chi connectivity index (χ2v) is 12.4. The molecule has 0 N–H and O–H groups in total. The topological polar surface area (TPSA) is 27.7 Å². The quantitative estimate of drug-likeness (QED) is 0.183. The average molecular weight is 812 g/mol. The first kappa shape index (κ1) is 40.2. The Morgan fingerprint density at radius 3 is 0.855 bits per heavy atom. The molecule has 3 atom stereocenters. The molecule has 3 aliphatic carbocycles. The number of halogens is 18. The lowest BCUT2D eigenvalue weighted by molar-refractivity contribution is -0.157. The van der Waals surface area contributed by atoms with Crippen molar-refractivity contribution in [3.05, 3.63) is 121 Å². The van der Waals surface area contributed by atoms with E-state index in [1.54, 1.807) is 0 Å². The van der Waals surface area contributed by atoms with Gasteiger partial charge in [0.05, 0.1) is 0 Å². The SMILES string of the molecule is Cc1c(F)c(F)cc2c1C(F)=C(F)C(F)(F)C2OB(OC1c2cc(F)c(F)c(C)c2C(F)=C(F)C1(F)F)OC1c2cc(F)c(F)c(C)c2C(F)=C(F)C1(F)F. The number of benzene rings is 3. The van der Waals surface area contributed by atoms with Crippen molar-refractivity contribution >= 4 is 24.8 Å². The number of hydrogen-bond acceptors (Lipinski definition) is 3. The van der Waals surface area contributed by atoms with Crippen molar-refractivity contribution in [2.45, 2.75) is 56.9 Å². The molecule has 0 radical (unpaired) electrons. The predicted molar refractivity (Wildman–Crippen MR) is 153 cm³/mol. The minimum Gasteiger partial charge on any atom is -0.372 e. The molecule has 0 spiro atoms. The molecule has 3 aliphatic rings. The summed E-state index contributed by atoms with van der Waals surface area (Å²) in [5, 5.41) is 0. The molecule has 0 aliphatic heterocycles. The van der Waals surface area contributed by atoms with Gasteiger partial charge in [-0.2, -0.15) is 26.3 Å². The van der Waals surface area contributed by atoms with Crippen LogP contribution < -0.4 is 0 Å². The average Bonchev–Trinajstić information content (AvgIpc) is 3.10. The molecule has 0 fully saturated rings. The Morgan fingerprint density at radius 1 is 0.418 bits per heavy atom. The standard InChI is InChI=1S/C33H15BF18O3/c1-7-16-10(4-13(35)19(7)38)28(31(47,48)25(44)22(16)41)53-34(54-29-11-5-14(36)20(39)8(2)17(11)23(42)26(45)32(29,49)50)55-30-12-6-15(37)21(40)9(3)18(12)24(43)27(46)33(30,51)52/h4-6,28-30H,1-3H3. The number of fused-ring (bicyclic) bond motifs is 3. The van der Waals surface area contributed by atoms with Crippen LogP contribution in [0.1, 0.15) is 68.4 Å². The van der Waals surface area contributed by atoms with E-state index in [0.717, 1.165) is 0 Å². The van der Waals surface area contributed by atoms with Crippen LogP contribution in [0.3, 0.4) is 0 Å². The third kappa shape index (κ3) is 5.76. The molecule has 0 aromatic heterocycles. The Balaban J connectivity index is 1.60. The number of hydrogen-bond donors (Lipinski definition) is 0. The van der Waals surface area contributed by atoms with E-state index in [0.29, 0.717) is 20.8 Å². The maximum absolute atomic E-state index is 15.5. The molecule has 0 saturated heterocycles. The van der Waals surface area contributed by atoms with Crippen molar-refractivity contribution in [3.63, 3.8) is 0 Å². The predicted octanol–water partition coefficient (Wildman–Crippen LogP) is 11.8. The van der Waals surface area contributed by atoms with E-state index < -0.39 is 163 Å². The third-order valence-electron chi connectivity index (χ3n) is 9.15. The fraction of sp³-hybridized carbons (Fsp3) is 0.273. The van der Waals surface area contributed by atoms with Crippen molar-refractivity contribution in [1.29, 1.82) is 0 Å². The molecule has 0 amide bonds. The van der Waals surface area contributed by atoms with Crippen LogP contribution in [-0.2, 0) is 14.0 Å². The minimum absolute atomic E-state index is 0.257. The van der Waals surface area contributed by atoms with Gasteiger partial charge >= 0.3 is 25.1 Å². The smallest absolute Gasteiger partial charge is 0.372 e. The van der Waals surface area contributed by atoms with E-state index in [1.165, 1.54) is 0 Å². The highest BCUT2D eigenvalue weighted by atomic mass is 19.3. The lowest BCUT2D eigenvalue weighted by atomic mass is 9.84. The summed E-state index contributed by atoms with van der Waals surface area (Å²) >= 11 is 0. The Bertz CT molecular complexity index is 2030. The van der Waals surface area contributed by atoms with Crippen LogP contribution >= 0.6 is 0 Å². The summed E-state index contributed by atoms with van der Waals surface area (Å²) in [5.74, 6) is -45.8. The molecule has 3 aromatic rings. The molecule has 0 saturated carbocycles. The first-order valence-corrected chi connectivity index (χ1v) is 15.0. The third-order valence-corrected chi connectivity index (χ3v) is 9.15. The summed E-state index contributed by atoms with van der Waals surface area (Å²) in [6, 6.07) is -0.771. The summed E-state index contributed by atoms with van der Waals surface area (Å²) in [6.45, 7) is 1.56. The maximum Gasteiger partial charge on any atom is 0.641 e. The van der Waals surface area contributed by atoms with Crippen molar-refractivity contribution in [3.8, 4) is 0 Å². The molecule has 6 rings (SSSR count). The highest BCUT2D eigenvalue weighted by molar-refractivity contribution is 6.36. The number of alkyl halides is 6. The van der Waals surface area contributed by atoms with Gasteiger partial charge in [0.25, 0.3) is 0 Å². The fourth-order valence-corrected chi connectivity index (χ4v) is 6.43.